The lowest BCUT2D eigenvalue weighted by Gasteiger charge is -2.22. The highest BCUT2D eigenvalue weighted by Crippen LogP contribution is 2.48. The van der Waals surface area contributed by atoms with E-state index in [4.69, 9.17) is 5.26 Å². The zero-order chi connectivity index (χ0) is 10.8. The topological polar surface area (TPSA) is 23.8 Å². The van der Waals surface area contributed by atoms with E-state index in [-0.39, 0.29) is 0 Å². The lowest BCUT2D eigenvalue weighted by molar-refractivity contribution is -0.151. The lowest BCUT2D eigenvalue weighted by Crippen LogP contribution is -2.24. The fourth-order valence-corrected chi connectivity index (χ4v) is 2.27. The molecule has 14 heavy (non-hydrogen) atoms. The van der Waals surface area contributed by atoms with Crippen LogP contribution in [0.15, 0.2) is 0 Å². The third-order valence-corrected chi connectivity index (χ3v) is 3.06. The highest BCUT2D eigenvalue weighted by molar-refractivity contribution is 5.04. The van der Waals surface area contributed by atoms with Crippen LogP contribution in [0.4, 0.5) is 13.2 Å². The van der Waals surface area contributed by atoms with Crippen LogP contribution < -0.4 is 0 Å². The molecule has 1 aliphatic rings. The summed E-state index contributed by atoms with van der Waals surface area (Å²) in [4.78, 5) is 0. The van der Waals surface area contributed by atoms with Gasteiger partial charge in [-0.05, 0) is 25.2 Å². The van der Waals surface area contributed by atoms with Gasteiger partial charge in [0.2, 0.25) is 0 Å². The molecule has 0 aromatic carbocycles. The molecule has 0 bridgehead atoms. The maximum absolute atomic E-state index is 12.2. The standard InChI is InChI=1S/C10H14F3N/c1-2-8-3-4-9(5-8,7-14)6-10(11,12)13/h8H,2-6H2,1H3. The van der Waals surface area contributed by atoms with E-state index in [1.165, 1.54) is 0 Å². The maximum Gasteiger partial charge on any atom is 0.390 e. The van der Waals surface area contributed by atoms with Crippen molar-refractivity contribution >= 4 is 0 Å². The molecule has 0 spiro atoms. The van der Waals surface area contributed by atoms with Crippen molar-refractivity contribution in [1.29, 1.82) is 5.26 Å². The average Bonchev–Trinajstić information content (AvgIpc) is 2.46. The Hall–Kier alpha value is -0.720. The summed E-state index contributed by atoms with van der Waals surface area (Å²) in [6.45, 7) is 1.96. The van der Waals surface area contributed by atoms with Gasteiger partial charge >= 0.3 is 6.18 Å². The molecular formula is C10H14F3N. The fourth-order valence-electron chi connectivity index (χ4n) is 2.27. The monoisotopic (exact) mass is 205 g/mol. The van der Waals surface area contributed by atoms with Gasteiger partial charge in [0.05, 0.1) is 17.9 Å². The second-order valence-corrected chi connectivity index (χ2v) is 4.20. The first-order valence-electron chi connectivity index (χ1n) is 4.89. The van der Waals surface area contributed by atoms with Gasteiger partial charge < -0.3 is 0 Å². The van der Waals surface area contributed by atoms with Crippen LogP contribution in [0.1, 0.15) is 39.0 Å². The molecule has 4 heteroatoms. The van der Waals surface area contributed by atoms with Crippen LogP contribution >= 0.6 is 0 Å². The Morgan fingerprint density at radius 2 is 2.14 bits per heavy atom. The van der Waals surface area contributed by atoms with Gasteiger partial charge in [0, 0.05) is 0 Å². The van der Waals surface area contributed by atoms with Crippen molar-refractivity contribution in [2.24, 2.45) is 11.3 Å². The predicted octanol–water partition coefficient (Wildman–Crippen LogP) is 3.66. The van der Waals surface area contributed by atoms with E-state index in [2.05, 4.69) is 0 Å². The Labute approximate surface area is 81.9 Å². The van der Waals surface area contributed by atoms with Gasteiger partial charge in [0.25, 0.3) is 0 Å². The van der Waals surface area contributed by atoms with Gasteiger partial charge in [-0.3, -0.25) is 0 Å². The molecule has 1 saturated carbocycles. The van der Waals surface area contributed by atoms with Gasteiger partial charge in [-0.15, -0.1) is 0 Å². The van der Waals surface area contributed by atoms with E-state index < -0.39 is 18.0 Å². The molecule has 0 aromatic rings. The van der Waals surface area contributed by atoms with Crippen molar-refractivity contribution < 1.29 is 13.2 Å². The molecule has 1 rings (SSSR count). The molecule has 2 atom stereocenters. The Balaban J connectivity index is 2.67. The van der Waals surface area contributed by atoms with Gasteiger partial charge in [-0.2, -0.15) is 18.4 Å². The van der Waals surface area contributed by atoms with Crippen LogP contribution in [0.3, 0.4) is 0 Å². The number of hydrogen-bond acceptors (Lipinski definition) is 1. The summed E-state index contributed by atoms with van der Waals surface area (Å²) in [5, 5.41) is 8.84. The number of nitrogens with zero attached hydrogens (tertiary/aromatic N) is 1. The van der Waals surface area contributed by atoms with Crippen LogP contribution in [-0.2, 0) is 0 Å². The van der Waals surface area contributed by atoms with E-state index in [1.54, 1.807) is 0 Å². The average molecular weight is 205 g/mol. The predicted molar refractivity (Wildman–Crippen MR) is 46.4 cm³/mol. The number of rotatable bonds is 2. The maximum atomic E-state index is 12.2. The van der Waals surface area contributed by atoms with E-state index >= 15 is 0 Å². The number of nitriles is 1. The van der Waals surface area contributed by atoms with Gasteiger partial charge in [0.1, 0.15) is 0 Å². The summed E-state index contributed by atoms with van der Waals surface area (Å²) in [5.41, 5.74) is -1.13. The molecule has 1 fully saturated rings. The molecule has 1 nitrogen and oxygen atoms in total. The smallest absolute Gasteiger partial charge is 0.198 e. The lowest BCUT2D eigenvalue weighted by atomic mass is 9.83. The molecule has 0 aliphatic heterocycles. The Bertz CT molecular complexity index is 241. The molecule has 1 aliphatic carbocycles. The van der Waals surface area contributed by atoms with Gasteiger partial charge in [0.15, 0.2) is 0 Å². The minimum absolute atomic E-state index is 0.303. The number of halogens is 3. The molecule has 0 saturated heterocycles. The summed E-state index contributed by atoms with van der Waals surface area (Å²) < 4.78 is 36.7. The third kappa shape index (κ3) is 2.63. The van der Waals surface area contributed by atoms with Crippen molar-refractivity contribution in [2.75, 3.05) is 0 Å². The SMILES string of the molecule is CCC1CCC(C#N)(CC(F)(F)F)C1. The molecular weight excluding hydrogens is 191 g/mol. The van der Waals surface area contributed by atoms with Crippen molar-refractivity contribution in [3.05, 3.63) is 0 Å². The third-order valence-electron chi connectivity index (χ3n) is 3.06. The summed E-state index contributed by atoms with van der Waals surface area (Å²) in [5.74, 6) is 0.303. The first-order chi connectivity index (χ1) is 6.41. The minimum Gasteiger partial charge on any atom is -0.198 e. The van der Waals surface area contributed by atoms with E-state index in [1.807, 2.05) is 13.0 Å². The van der Waals surface area contributed by atoms with E-state index in [0.717, 1.165) is 12.8 Å². The number of alkyl halides is 3. The van der Waals surface area contributed by atoms with Crippen molar-refractivity contribution in [3.8, 4) is 6.07 Å². The Morgan fingerprint density at radius 1 is 1.50 bits per heavy atom. The first kappa shape index (κ1) is 11.4. The summed E-state index contributed by atoms with van der Waals surface area (Å²) in [7, 11) is 0. The minimum atomic E-state index is -4.21. The molecule has 0 radical (unpaired) electrons. The van der Waals surface area contributed by atoms with Crippen molar-refractivity contribution in [3.63, 3.8) is 0 Å². The normalized spacial score (nSPS) is 32.9. The highest BCUT2D eigenvalue weighted by atomic mass is 19.4. The van der Waals surface area contributed by atoms with Crippen molar-refractivity contribution in [1.82, 2.24) is 0 Å². The van der Waals surface area contributed by atoms with Crippen LogP contribution in [0.5, 0.6) is 0 Å². The van der Waals surface area contributed by atoms with Crippen LogP contribution in [0, 0.1) is 22.7 Å². The Morgan fingerprint density at radius 3 is 2.50 bits per heavy atom. The highest BCUT2D eigenvalue weighted by Gasteiger charge is 2.46. The summed E-state index contributed by atoms with van der Waals surface area (Å²) in [6, 6.07) is 1.88. The van der Waals surface area contributed by atoms with E-state index in [9.17, 15) is 13.2 Å². The van der Waals surface area contributed by atoms with Crippen LogP contribution in [-0.4, -0.2) is 6.18 Å². The first-order valence-corrected chi connectivity index (χ1v) is 4.89. The van der Waals surface area contributed by atoms with Gasteiger partial charge in [-0.1, -0.05) is 13.3 Å². The fraction of sp³-hybridized carbons (Fsp3) is 0.900. The van der Waals surface area contributed by atoms with Crippen molar-refractivity contribution in [2.45, 2.75) is 45.2 Å². The molecule has 0 heterocycles. The number of hydrogen-bond donors (Lipinski definition) is 0. The summed E-state index contributed by atoms with van der Waals surface area (Å²) in [6.07, 6.45) is -2.69. The second kappa shape index (κ2) is 3.80. The molecule has 80 valence electrons. The molecule has 0 N–H and O–H groups in total. The molecule has 0 aromatic heterocycles. The second-order valence-electron chi connectivity index (χ2n) is 4.20. The molecule has 0 amide bonds. The quantitative estimate of drug-likeness (QED) is 0.674. The zero-order valence-corrected chi connectivity index (χ0v) is 8.19. The van der Waals surface area contributed by atoms with E-state index in [0.29, 0.717) is 18.8 Å². The molecule has 2 unspecified atom stereocenters. The van der Waals surface area contributed by atoms with Crippen LogP contribution in [0.2, 0.25) is 0 Å². The van der Waals surface area contributed by atoms with Crippen LogP contribution in [0.25, 0.3) is 0 Å². The summed E-state index contributed by atoms with van der Waals surface area (Å²) >= 11 is 0. The zero-order valence-electron chi connectivity index (χ0n) is 8.19. The van der Waals surface area contributed by atoms with Gasteiger partial charge in [-0.25, -0.2) is 0 Å². The Kier molecular flexibility index (Phi) is 3.08. The largest absolute Gasteiger partial charge is 0.390 e.